The molecule has 0 saturated carbocycles. The molecule has 26 aromatic rings. The first-order chi connectivity index (χ1) is 66.4. The number of furan rings is 2. The number of hydrogen-bond donors (Lipinski definition) is 0. The van der Waals surface area contributed by atoms with Crippen LogP contribution in [-0.2, 0) is 0 Å². The van der Waals surface area contributed by atoms with Crippen molar-refractivity contribution in [1.29, 1.82) is 0 Å². The lowest BCUT2D eigenvalue weighted by atomic mass is 9.96. The van der Waals surface area contributed by atoms with Crippen LogP contribution in [0.3, 0.4) is 0 Å². The smallest absolute Gasteiger partial charge is 0.135 e. The Morgan fingerprint density at radius 2 is 0.381 bits per heavy atom. The molecule has 0 N–H and O–H groups in total. The van der Waals surface area contributed by atoms with Gasteiger partial charge in [0.2, 0.25) is 0 Å². The molecule has 22 aromatic carbocycles. The molecule has 6 nitrogen and oxygen atoms in total. The van der Waals surface area contributed by atoms with Gasteiger partial charge in [-0.2, -0.15) is 0 Å². The minimum atomic E-state index is 0.911. The number of aromatic nitrogens is 2. The zero-order valence-corrected chi connectivity index (χ0v) is 73.1. The second kappa shape index (κ2) is 33.3. The van der Waals surface area contributed by atoms with Crippen molar-refractivity contribution >= 4 is 143 Å². The summed E-state index contributed by atoms with van der Waals surface area (Å²) in [5, 5.41) is 14.6. The van der Waals surface area contributed by atoms with Crippen LogP contribution in [0.1, 0.15) is 0 Å². The van der Waals surface area contributed by atoms with E-state index in [1.807, 2.05) is 24.3 Å². The predicted octanol–water partition coefficient (Wildman–Crippen LogP) is 35.9. The highest BCUT2D eigenvalue weighted by molar-refractivity contribution is 6.12. The van der Waals surface area contributed by atoms with Gasteiger partial charge in [-0.1, -0.05) is 346 Å². The van der Waals surface area contributed by atoms with Gasteiger partial charge in [0.05, 0.1) is 22.1 Å². The molecule has 0 radical (unpaired) electrons. The van der Waals surface area contributed by atoms with Crippen LogP contribution in [0.15, 0.2) is 518 Å². The summed E-state index contributed by atoms with van der Waals surface area (Å²) in [5.74, 6) is 0. The maximum atomic E-state index is 6.10. The van der Waals surface area contributed by atoms with E-state index in [0.29, 0.717) is 0 Å². The normalized spacial score (nSPS) is 11.6. The van der Waals surface area contributed by atoms with Crippen LogP contribution in [-0.4, -0.2) is 9.13 Å². The molecule has 0 aliphatic heterocycles. The van der Waals surface area contributed by atoms with Crippen molar-refractivity contribution in [2.24, 2.45) is 0 Å². The summed E-state index contributed by atoms with van der Waals surface area (Å²) >= 11 is 0. The van der Waals surface area contributed by atoms with Crippen molar-refractivity contribution in [2.75, 3.05) is 9.80 Å². The van der Waals surface area contributed by atoms with E-state index in [1.54, 1.807) is 0 Å². The Labute approximate surface area is 775 Å². The number of nitrogens with zero attached hydrogens (tertiary/aromatic N) is 4. The quantitative estimate of drug-likeness (QED) is 0.0967. The Kier molecular flexibility index (Phi) is 19.5. The summed E-state index contributed by atoms with van der Waals surface area (Å²) in [6.07, 6.45) is 0. The fraction of sp³-hybridized carbons (Fsp3) is 0. The second-order valence-electron chi connectivity index (χ2n) is 34.6. The number of hydrogen-bond acceptors (Lipinski definition) is 4. The van der Waals surface area contributed by atoms with Crippen LogP contribution in [0.2, 0.25) is 0 Å². The van der Waals surface area contributed by atoms with E-state index in [0.717, 1.165) is 101 Å². The predicted molar refractivity (Wildman–Crippen MR) is 564 cm³/mol. The number of benzene rings is 22. The third-order valence-corrected chi connectivity index (χ3v) is 26.9. The molecule has 0 atom stereocenters. The first kappa shape index (κ1) is 78.4. The average molecular weight is 1710 g/mol. The molecule has 6 heteroatoms. The van der Waals surface area contributed by atoms with Crippen molar-refractivity contribution in [3.05, 3.63) is 510 Å². The maximum absolute atomic E-state index is 6.10. The monoisotopic (exact) mass is 1710 g/mol. The molecule has 4 heterocycles. The Morgan fingerprint density at radius 1 is 0.142 bits per heavy atom. The van der Waals surface area contributed by atoms with E-state index in [-0.39, 0.29) is 0 Å². The lowest BCUT2D eigenvalue weighted by Gasteiger charge is -2.26. The number of anilines is 6. The summed E-state index contributed by atoms with van der Waals surface area (Å²) in [5.41, 5.74) is 36.2. The molecule has 26 rings (SSSR count). The molecule has 0 spiro atoms. The van der Waals surface area contributed by atoms with Crippen LogP contribution < -0.4 is 9.80 Å². The largest absolute Gasteiger partial charge is 0.456 e. The minimum Gasteiger partial charge on any atom is -0.456 e. The molecule has 0 amide bonds. The highest BCUT2D eigenvalue weighted by Gasteiger charge is 2.22. The van der Waals surface area contributed by atoms with Crippen LogP contribution in [0, 0.1) is 0 Å². The molecular formula is C128H84N4O2. The van der Waals surface area contributed by atoms with Gasteiger partial charge in [0.15, 0.2) is 0 Å². The highest BCUT2D eigenvalue weighted by atomic mass is 16.3. The van der Waals surface area contributed by atoms with Crippen LogP contribution >= 0.6 is 0 Å². The van der Waals surface area contributed by atoms with E-state index in [1.165, 1.54) is 143 Å². The van der Waals surface area contributed by atoms with Gasteiger partial charge in [0.1, 0.15) is 22.3 Å². The minimum absolute atomic E-state index is 0.911. The van der Waals surface area contributed by atoms with E-state index < -0.39 is 0 Å². The standard InChI is InChI=1S/2C64H42N2O/c1-2-12-55-48(10-1)11-9-16-56(55)49-26-24-44(25-27-49)46-30-35-52(36-31-46)65(53-37-39-54(40-38-53)66-61-17-6-3-13-57(61)58-14-4-7-18-62(58)66)51-33-28-45(29-34-51)43-20-22-47(23-21-43)50-32-41-64-60(42-50)59-15-5-8-19-63(59)67-64;1-2-10-50-41-51(26-25-43(50)9-1)48-21-17-44(18-22-48)46-27-32-53(33-28-46)65(55-36-38-56(39-37-55)66-61-14-6-3-11-57(61)58-12-4-7-15-62(58)66)54-34-29-47(30-35-54)45-19-23-49(24-20-45)52-31-40-64-60(42-52)59-13-5-8-16-63(59)67-64/h2*1-42H. The summed E-state index contributed by atoms with van der Waals surface area (Å²) in [6, 6.07) is 184. The van der Waals surface area contributed by atoms with E-state index in [9.17, 15) is 0 Å². The molecule has 4 aromatic heterocycles. The zero-order valence-electron chi connectivity index (χ0n) is 73.1. The molecule has 0 saturated heterocycles. The summed E-state index contributed by atoms with van der Waals surface area (Å²) in [6.45, 7) is 0. The van der Waals surface area contributed by atoms with Crippen molar-refractivity contribution < 1.29 is 8.83 Å². The van der Waals surface area contributed by atoms with Crippen LogP contribution in [0.4, 0.5) is 34.1 Å². The van der Waals surface area contributed by atoms with Gasteiger partial charge in [0, 0.05) is 88.6 Å². The third kappa shape index (κ3) is 14.4. The summed E-state index contributed by atoms with van der Waals surface area (Å²) in [4.78, 5) is 4.70. The van der Waals surface area contributed by atoms with Gasteiger partial charge < -0.3 is 27.8 Å². The lowest BCUT2D eigenvalue weighted by molar-refractivity contribution is 0.668. The Balaban J connectivity index is 0.000000143. The van der Waals surface area contributed by atoms with Crippen molar-refractivity contribution in [3.8, 4) is 100 Å². The van der Waals surface area contributed by atoms with E-state index in [2.05, 4.69) is 504 Å². The van der Waals surface area contributed by atoms with Crippen LogP contribution in [0.5, 0.6) is 0 Å². The van der Waals surface area contributed by atoms with Gasteiger partial charge in [0.25, 0.3) is 0 Å². The van der Waals surface area contributed by atoms with Gasteiger partial charge in [-0.3, -0.25) is 0 Å². The first-order valence-electron chi connectivity index (χ1n) is 45.8. The Bertz CT molecular complexity index is 8800. The first-order valence-corrected chi connectivity index (χ1v) is 45.8. The maximum Gasteiger partial charge on any atom is 0.135 e. The third-order valence-electron chi connectivity index (χ3n) is 26.9. The molecule has 0 bridgehead atoms. The molecular weight excluding hydrogens is 1630 g/mol. The molecule has 0 fully saturated rings. The highest BCUT2D eigenvalue weighted by Crippen LogP contribution is 2.45. The van der Waals surface area contributed by atoms with Crippen molar-refractivity contribution in [2.45, 2.75) is 0 Å². The molecule has 0 unspecified atom stereocenters. The topological polar surface area (TPSA) is 42.6 Å². The number of rotatable bonds is 16. The van der Waals surface area contributed by atoms with Crippen molar-refractivity contribution in [3.63, 3.8) is 0 Å². The Hall–Kier alpha value is -17.8. The van der Waals surface area contributed by atoms with E-state index in [4.69, 9.17) is 8.83 Å². The van der Waals surface area contributed by atoms with Gasteiger partial charge in [-0.15, -0.1) is 0 Å². The van der Waals surface area contributed by atoms with Gasteiger partial charge in [-0.05, 0) is 274 Å². The Morgan fingerprint density at radius 3 is 0.739 bits per heavy atom. The lowest BCUT2D eigenvalue weighted by Crippen LogP contribution is -2.10. The molecule has 628 valence electrons. The average Bonchev–Trinajstić information content (AvgIpc) is 1.60. The van der Waals surface area contributed by atoms with Gasteiger partial charge >= 0.3 is 0 Å². The zero-order chi connectivity index (χ0) is 88.5. The van der Waals surface area contributed by atoms with E-state index >= 15 is 0 Å². The fourth-order valence-corrected chi connectivity index (χ4v) is 20.1. The van der Waals surface area contributed by atoms with Gasteiger partial charge in [-0.25, -0.2) is 0 Å². The summed E-state index contributed by atoms with van der Waals surface area (Å²) < 4.78 is 16.9. The molecule has 134 heavy (non-hydrogen) atoms. The van der Waals surface area contributed by atoms with Crippen LogP contribution in [0.25, 0.3) is 209 Å². The SMILES string of the molecule is c1ccc2c(-c3ccc(-c4ccc(N(c5ccc(-c6ccc(-c7ccc8oc9ccccc9c8c7)cc6)cc5)c5ccc(-n6c7ccccc7c7ccccc76)cc5)cc4)cc3)cccc2c1.c1ccc2cc(-c3ccc(-c4ccc(N(c5ccc(-c6ccc(-c7ccc8oc9ccccc9c8c7)cc6)cc5)c5ccc(-n6c7ccccc7c7ccccc76)cc5)cc4)cc3)ccc2c1. The number of fused-ring (bicyclic) bond motifs is 14. The second-order valence-corrected chi connectivity index (χ2v) is 34.6. The fourth-order valence-electron chi connectivity index (χ4n) is 20.1. The summed E-state index contributed by atoms with van der Waals surface area (Å²) in [7, 11) is 0. The molecule has 0 aliphatic rings. The molecule has 0 aliphatic carbocycles. The van der Waals surface area contributed by atoms with Crippen molar-refractivity contribution in [1.82, 2.24) is 9.13 Å². The number of para-hydroxylation sites is 6.